The van der Waals surface area contributed by atoms with E-state index in [2.05, 4.69) is 36.4 Å². The van der Waals surface area contributed by atoms with Gasteiger partial charge in [0, 0.05) is 5.92 Å². The molecule has 1 aromatic carbocycles. The lowest BCUT2D eigenvalue weighted by molar-refractivity contribution is -0.120. The third-order valence-corrected chi connectivity index (χ3v) is 4.85. The van der Waals surface area contributed by atoms with E-state index in [1.165, 1.54) is 48.0 Å². The van der Waals surface area contributed by atoms with Gasteiger partial charge in [0.05, 0.1) is 5.92 Å². The van der Waals surface area contributed by atoms with Crippen LogP contribution in [0.15, 0.2) is 47.6 Å². The molecule has 0 N–H and O–H groups in total. The summed E-state index contributed by atoms with van der Waals surface area (Å²) in [7, 11) is 0. The lowest BCUT2D eigenvalue weighted by atomic mass is 9.80. The Morgan fingerprint density at radius 3 is 2.63 bits per heavy atom. The van der Waals surface area contributed by atoms with Crippen molar-refractivity contribution in [3.05, 3.63) is 58.7 Å². The normalized spacial score (nSPS) is 28.7. The minimum absolute atomic E-state index is 0.0350. The lowest BCUT2D eigenvalue weighted by Crippen LogP contribution is -2.17. The molecule has 0 fully saturated rings. The number of Topliss-reactive ketones (excluding diaryl/α,β-unsaturated/α-hetero) is 1. The third-order valence-electron chi connectivity index (χ3n) is 4.85. The number of rotatable bonds is 1. The molecule has 0 radical (unpaired) electrons. The number of allylic oxidation sites excluding steroid dienone is 4. The highest BCUT2D eigenvalue weighted by Gasteiger charge is 2.41. The van der Waals surface area contributed by atoms with Gasteiger partial charge in [0.2, 0.25) is 0 Å². The molecule has 0 aliphatic heterocycles. The second-order valence-corrected chi connectivity index (χ2v) is 5.93. The number of benzene rings is 1. The summed E-state index contributed by atoms with van der Waals surface area (Å²) in [5, 5.41) is 0. The van der Waals surface area contributed by atoms with E-state index in [9.17, 15) is 4.79 Å². The van der Waals surface area contributed by atoms with Crippen LogP contribution in [0.4, 0.5) is 0 Å². The minimum Gasteiger partial charge on any atom is -0.298 e. The SMILES string of the molecule is O=C1[C@H]2C=C(C3=CCCCC3)C[C@@H]1c1ccccc12. The summed E-state index contributed by atoms with van der Waals surface area (Å²) >= 11 is 0. The Morgan fingerprint density at radius 1 is 1.00 bits per heavy atom. The van der Waals surface area contributed by atoms with E-state index in [0.29, 0.717) is 5.78 Å². The molecule has 19 heavy (non-hydrogen) atoms. The van der Waals surface area contributed by atoms with Crippen molar-refractivity contribution < 1.29 is 4.79 Å². The Balaban J connectivity index is 1.76. The van der Waals surface area contributed by atoms with E-state index < -0.39 is 0 Å². The smallest absolute Gasteiger partial charge is 0.151 e. The van der Waals surface area contributed by atoms with Crippen molar-refractivity contribution in [2.45, 2.75) is 43.9 Å². The predicted molar refractivity (Wildman–Crippen MR) is 76.2 cm³/mol. The zero-order valence-electron chi connectivity index (χ0n) is 11.1. The van der Waals surface area contributed by atoms with Crippen LogP contribution in [-0.2, 0) is 4.79 Å². The van der Waals surface area contributed by atoms with Gasteiger partial charge in [0.15, 0.2) is 5.78 Å². The summed E-state index contributed by atoms with van der Waals surface area (Å²) in [5.74, 6) is 0.582. The zero-order valence-corrected chi connectivity index (χ0v) is 11.1. The lowest BCUT2D eigenvalue weighted by Gasteiger charge is -2.23. The van der Waals surface area contributed by atoms with Crippen LogP contribution < -0.4 is 0 Å². The average molecular weight is 250 g/mol. The highest BCUT2D eigenvalue weighted by atomic mass is 16.1. The molecule has 0 saturated heterocycles. The number of carbonyl (C=O) groups excluding carboxylic acids is 1. The zero-order chi connectivity index (χ0) is 12.8. The molecule has 2 bridgehead atoms. The second kappa shape index (κ2) is 4.19. The van der Waals surface area contributed by atoms with Gasteiger partial charge >= 0.3 is 0 Å². The van der Waals surface area contributed by atoms with E-state index in [1.54, 1.807) is 0 Å². The van der Waals surface area contributed by atoms with Gasteiger partial charge in [-0.3, -0.25) is 4.79 Å². The van der Waals surface area contributed by atoms with Crippen molar-refractivity contribution in [1.29, 1.82) is 0 Å². The fourth-order valence-corrected chi connectivity index (χ4v) is 3.87. The van der Waals surface area contributed by atoms with Gasteiger partial charge in [0.25, 0.3) is 0 Å². The standard InChI is InChI=1S/C18H18O/c19-18-16-10-13(12-6-2-1-3-7-12)11-17(18)15-9-5-4-8-14(15)16/h4-6,8-10,16-17H,1-3,7,11H2/t16-,17+/m0/s1. The number of hydrogen-bond donors (Lipinski definition) is 0. The number of ketones is 1. The van der Waals surface area contributed by atoms with E-state index in [0.717, 1.165) is 6.42 Å². The molecule has 1 aromatic rings. The quantitative estimate of drug-likeness (QED) is 0.727. The van der Waals surface area contributed by atoms with Crippen LogP contribution in [-0.4, -0.2) is 5.78 Å². The molecule has 0 amide bonds. The van der Waals surface area contributed by atoms with Gasteiger partial charge in [0.1, 0.15) is 0 Å². The van der Waals surface area contributed by atoms with Crippen molar-refractivity contribution in [2.24, 2.45) is 0 Å². The van der Waals surface area contributed by atoms with Crippen molar-refractivity contribution in [2.75, 3.05) is 0 Å². The maximum absolute atomic E-state index is 12.4. The second-order valence-electron chi connectivity index (χ2n) is 5.93. The summed E-state index contributed by atoms with van der Waals surface area (Å²) in [5.41, 5.74) is 5.50. The topological polar surface area (TPSA) is 17.1 Å². The van der Waals surface area contributed by atoms with Crippen LogP contribution >= 0.6 is 0 Å². The summed E-state index contributed by atoms with van der Waals surface area (Å²) in [6.07, 6.45) is 10.6. The molecule has 2 atom stereocenters. The molecular weight excluding hydrogens is 232 g/mol. The van der Waals surface area contributed by atoms with Gasteiger partial charge < -0.3 is 0 Å². The molecule has 0 unspecified atom stereocenters. The summed E-state index contributed by atoms with van der Waals surface area (Å²) in [6, 6.07) is 8.39. The predicted octanol–water partition coefficient (Wildman–Crippen LogP) is 4.27. The van der Waals surface area contributed by atoms with Gasteiger partial charge in [-0.1, -0.05) is 36.4 Å². The number of carbonyl (C=O) groups is 1. The first kappa shape index (κ1) is 11.2. The van der Waals surface area contributed by atoms with Gasteiger partial charge in [-0.2, -0.15) is 0 Å². The molecule has 0 heterocycles. The molecule has 4 rings (SSSR count). The fourth-order valence-electron chi connectivity index (χ4n) is 3.87. The fraction of sp³-hybridized carbons (Fsp3) is 0.389. The highest BCUT2D eigenvalue weighted by molar-refractivity contribution is 6.00. The van der Waals surface area contributed by atoms with Crippen LogP contribution in [0, 0.1) is 0 Å². The molecule has 3 aliphatic carbocycles. The Bertz CT molecular complexity index is 606. The van der Waals surface area contributed by atoms with Crippen molar-refractivity contribution >= 4 is 5.78 Å². The number of fused-ring (bicyclic) bond motifs is 5. The largest absolute Gasteiger partial charge is 0.298 e. The van der Waals surface area contributed by atoms with Gasteiger partial charge in [-0.05, 0) is 54.4 Å². The molecule has 3 aliphatic rings. The maximum Gasteiger partial charge on any atom is 0.151 e. The monoisotopic (exact) mass is 250 g/mol. The summed E-state index contributed by atoms with van der Waals surface area (Å²) in [4.78, 5) is 12.4. The first-order valence-electron chi connectivity index (χ1n) is 7.37. The van der Waals surface area contributed by atoms with E-state index in [4.69, 9.17) is 0 Å². The molecule has 0 aromatic heterocycles. The van der Waals surface area contributed by atoms with Gasteiger partial charge in [-0.25, -0.2) is 0 Å². The van der Waals surface area contributed by atoms with Crippen LogP contribution in [0.2, 0.25) is 0 Å². The Morgan fingerprint density at radius 2 is 1.84 bits per heavy atom. The molecule has 1 nitrogen and oxygen atoms in total. The highest BCUT2D eigenvalue weighted by Crippen LogP contribution is 2.48. The first-order valence-corrected chi connectivity index (χ1v) is 7.37. The third kappa shape index (κ3) is 1.64. The molecular formula is C18H18O. The van der Waals surface area contributed by atoms with Crippen molar-refractivity contribution in [3.63, 3.8) is 0 Å². The maximum atomic E-state index is 12.4. The Kier molecular flexibility index (Phi) is 2.48. The molecule has 96 valence electrons. The van der Waals surface area contributed by atoms with Crippen LogP contribution in [0.1, 0.15) is 55.1 Å². The van der Waals surface area contributed by atoms with E-state index >= 15 is 0 Å². The minimum atomic E-state index is 0.0350. The summed E-state index contributed by atoms with van der Waals surface area (Å²) < 4.78 is 0. The number of hydrogen-bond acceptors (Lipinski definition) is 1. The van der Waals surface area contributed by atoms with Crippen LogP contribution in [0.25, 0.3) is 0 Å². The average Bonchev–Trinajstić information content (AvgIpc) is 2.64. The van der Waals surface area contributed by atoms with Crippen LogP contribution in [0.3, 0.4) is 0 Å². The molecule has 0 spiro atoms. The van der Waals surface area contributed by atoms with Crippen molar-refractivity contribution in [1.82, 2.24) is 0 Å². The van der Waals surface area contributed by atoms with Gasteiger partial charge in [-0.15, -0.1) is 0 Å². The molecule has 1 heteroatoms. The Labute approximate surface area is 114 Å². The Hall–Kier alpha value is -1.63. The van der Waals surface area contributed by atoms with E-state index in [-0.39, 0.29) is 11.8 Å². The van der Waals surface area contributed by atoms with Crippen molar-refractivity contribution in [3.8, 4) is 0 Å². The first-order chi connectivity index (χ1) is 9.34. The van der Waals surface area contributed by atoms with Crippen LogP contribution in [0.5, 0.6) is 0 Å². The van der Waals surface area contributed by atoms with E-state index in [1.807, 2.05) is 0 Å². The molecule has 0 saturated carbocycles. The summed E-state index contributed by atoms with van der Waals surface area (Å²) in [6.45, 7) is 0.